The summed E-state index contributed by atoms with van der Waals surface area (Å²) in [5.74, 6) is 0.889. The van der Waals surface area contributed by atoms with Crippen molar-refractivity contribution in [3.63, 3.8) is 0 Å². The van der Waals surface area contributed by atoms with Crippen molar-refractivity contribution in [1.82, 2.24) is 9.97 Å². The molecule has 182 valence electrons. The molecule has 5 rings (SSSR count). The average molecular weight is 478 g/mol. The first-order chi connectivity index (χ1) is 17.7. The van der Waals surface area contributed by atoms with Gasteiger partial charge in [0.05, 0.1) is 0 Å². The normalized spacial score (nSPS) is 10.9. The van der Waals surface area contributed by atoms with Gasteiger partial charge in [0.2, 0.25) is 0 Å². The van der Waals surface area contributed by atoms with E-state index in [1.165, 1.54) is 16.7 Å². The Balaban J connectivity index is 0.000000861. The molecule has 0 aliphatic carbocycles. The Morgan fingerprint density at radius 3 is 2.11 bits per heavy atom. The molecule has 3 aromatic carbocycles. The van der Waals surface area contributed by atoms with Crippen LogP contribution in [-0.4, -0.2) is 29.0 Å². The van der Waals surface area contributed by atoms with Crippen LogP contribution < -0.4 is 5.32 Å². The number of anilines is 1. The molecule has 0 fully saturated rings. The molecule has 0 aliphatic heterocycles. The van der Waals surface area contributed by atoms with Crippen molar-refractivity contribution in [3.05, 3.63) is 115 Å². The molecule has 1 atom stereocenters. The number of nitrogens with zero attached hydrogens (tertiary/aromatic N) is 2. The number of aliphatic hydroxyl groups is 1. The highest BCUT2D eigenvalue weighted by molar-refractivity contribution is 6.09. The highest BCUT2D eigenvalue weighted by Crippen LogP contribution is 2.39. The van der Waals surface area contributed by atoms with E-state index in [2.05, 4.69) is 96.9 Å². The van der Waals surface area contributed by atoms with Gasteiger partial charge >= 0.3 is 0 Å². The molecule has 5 heteroatoms. The minimum absolute atomic E-state index is 0.127. The van der Waals surface area contributed by atoms with Crippen LogP contribution in [0.4, 0.5) is 5.82 Å². The molecule has 0 amide bonds. The van der Waals surface area contributed by atoms with Crippen molar-refractivity contribution in [2.24, 2.45) is 0 Å². The van der Waals surface area contributed by atoms with Gasteiger partial charge in [-0.25, -0.2) is 4.98 Å². The smallest absolute Gasteiger partial charge is 0.134 e. The standard InChI is InChI=1S/C29H25N3.CH4O.CH2O/c1-20-16-24(18-30-17-20)27-19-31-29(32-21(2)22-10-5-3-6-11-22)28-25(14-9-15-26(27)28)23-12-7-4-8-13-23;2*1-2/h3-19,21H,1-2H3,(H,31,32);2H,1H3;1H2. The molecule has 0 bridgehead atoms. The quantitative estimate of drug-likeness (QED) is 0.289. The number of rotatable bonds is 5. The molecule has 0 radical (unpaired) electrons. The van der Waals surface area contributed by atoms with Gasteiger partial charge in [0.15, 0.2) is 0 Å². The number of aromatic nitrogens is 2. The summed E-state index contributed by atoms with van der Waals surface area (Å²) in [4.78, 5) is 17.3. The van der Waals surface area contributed by atoms with Gasteiger partial charge < -0.3 is 15.2 Å². The predicted molar refractivity (Wildman–Crippen MR) is 149 cm³/mol. The molecule has 2 N–H and O–H groups in total. The Morgan fingerprint density at radius 1 is 0.778 bits per heavy atom. The van der Waals surface area contributed by atoms with Gasteiger partial charge in [0.1, 0.15) is 12.6 Å². The third-order valence-electron chi connectivity index (χ3n) is 5.84. The van der Waals surface area contributed by atoms with Crippen LogP contribution in [0.3, 0.4) is 0 Å². The van der Waals surface area contributed by atoms with Gasteiger partial charge in [-0.1, -0.05) is 78.9 Å². The van der Waals surface area contributed by atoms with Gasteiger partial charge in [-0.05, 0) is 47.6 Å². The highest BCUT2D eigenvalue weighted by atomic mass is 16.2. The van der Waals surface area contributed by atoms with E-state index < -0.39 is 0 Å². The molecular weight excluding hydrogens is 446 g/mol. The molecule has 5 nitrogen and oxygen atoms in total. The van der Waals surface area contributed by atoms with Crippen LogP contribution in [0.5, 0.6) is 0 Å². The maximum Gasteiger partial charge on any atom is 0.134 e. The molecule has 2 aromatic heterocycles. The fourth-order valence-corrected chi connectivity index (χ4v) is 4.23. The summed E-state index contributed by atoms with van der Waals surface area (Å²) in [6.07, 6.45) is 5.76. The predicted octanol–water partition coefficient (Wildman–Crippen LogP) is 6.87. The average Bonchev–Trinajstić information content (AvgIpc) is 2.96. The van der Waals surface area contributed by atoms with Crippen LogP contribution in [-0.2, 0) is 4.79 Å². The Hall–Kier alpha value is -4.35. The zero-order chi connectivity index (χ0) is 25.9. The lowest BCUT2D eigenvalue weighted by Gasteiger charge is -2.20. The maximum atomic E-state index is 8.00. The maximum absolute atomic E-state index is 8.00. The zero-order valence-corrected chi connectivity index (χ0v) is 20.8. The summed E-state index contributed by atoms with van der Waals surface area (Å²) in [7, 11) is 1.00. The van der Waals surface area contributed by atoms with Crippen molar-refractivity contribution < 1.29 is 9.90 Å². The van der Waals surface area contributed by atoms with Crippen LogP contribution in [0.1, 0.15) is 24.1 Å². The van der Waals surface area contributed by atoms with E-state index in [-0.39, 0.29) is 6.04 Å². The number of pyridine rings is 2. The van der Waals surface area contributed by atoms with E-state index in [4.69, 9.17) is 14.9 Å². The van der Waals surface area contributed by atoms with Crippen molar-refractivity contribution in [1.29, 1.82) is 0 Å². The van der Waals surface area contributed by atoms with E-state index in [9.17, 15) is 0 Å². The molecule has 5 aromatic rings. The number of carbonyl (C=O) groups excluding carboxylic acids is 1. The van der Waals surface area contributed by atoms with Crippen molar-refractivity contribution in [2.75, 3.05) is 12.4 Å². The zero-order valence-electron chi connectivity index (χ0n) is 20.8. The lowest BCUT2D eigenvalue weighted by molar-refractivity contribution is -0.0979. The lowest BCUT2D eigenvalue weighted by Crippen LogP contribution is -2.09. The second kappa shape index (κ2) is 12.9. The van der Waals surface area contributed by atoms with Gasteiger partial charge in [-0.3, -0.25) is 4.98 Å². The van der Waals surface area contributed by atoms with E-state index >= 15 is 0 Å². The fraction of sp³-hybridized carbons (Fsp3) is 0.129. The minimum Gasteiger partial charge on any atom is -0.400 e. The van der Waals surface area contributed by atoms with Gasteiger partial charge in [0.25, 0.3) is 0 Å². The van der Waals surface area contributed by atoms with Crippen LogP contribution in [0.25, 0.3) is 33.0 Å². The monoisotopic (exact) mass is 477 g/mol. The lowest BCUT2D eigenvalue weighted by atomic mass is 9.94. The van der Waals surface area contributed by atoms with Gasteiger partial charge in [-0.2, -0.15) is 0 Å². The second-order valence-corrected chi connectivity index (χ2v) is 8.14. The van der Waals surface area contributed by atoms with E-state index in [1.54, 1.807) is 0 Å². The summed E-state index contributed by atoms with van der Waals surface area (Å²) in [5.41, 5.74) is 6.87. The van der Waals surface area contributed by atoms with Crippen LogP contribution >= 0.6 is 0 Å². The van der Waals surface area contributed by atoms with Gasteiger partial charge in [0, 0.05) is 48.3 Å². The van der Waals surface area contributed by atoms with E-state index in [0.717, 1.165) is 40.4 Å². The van der Waals surface area contributed by atoms with E-state index in [1.807, 2.05) is 37.5 Å². The van der Waals surface area contributed by atoms with Crippen molar-refractivity contribution in [2.45, 2.75) is 19.9 Å². The largest absolute Gasteiger partial charge is 0.400 e. The first-order valence-electron chi connectivity index (χ1n) is 11.6. The summed E-state index contributed by atoms with van der Waals surface area (Å²) in [6, 6.07) is 29.8. The fourth-order valence-electron chi connectivity index (χ4n) is 4.23. The first kappa shape index (κ1) is 26.3. The number of hydrogen-bond donors (Lipinski definition) is 2. The minimum atomic E-state index is 0.127. The Morgan fingerprint density at radius 2 is 1.44 bits per heavy atom. The molecule has 0 spiro atoms. The summed E-state index contributed by atoms with van der Waals surface area (Å²) in [5, 5.41) is 13.0. The van der Waals surface area contributed by atoms with E-state index in [0.29, 0.717) is 0 Å². The topological polar surface area (TPSA) is 75.1 Å². The molecule has 0 saturated heterocycles. The molecule has 36 heavy (non-hydrogen) atoms. The number of benzene rings is 3. The third-order valence-corrected chi connectivity index (χ3v) is 5.84. The molecule has 2 heterocycles. The highest BCUT2D eigenvalue weighted by Gasteiger charge is 2.16. The SMILES string of the molecule is C=O.CO.Cc1cncc(-c2cnc(NC(C)c3ccccc3)c3c(-c4ccccc4)cccc23)c1. The van der Waals surface area contributed by atoms with Crippen molar-refractivity contribution >= 4 is 23.4 Å². The van der Waals surface area contributed by atoms with Crippen LogP contribution in [0.2, 0.25) is 0 Å². The number of nitrogens with one attached hydrogen (secondary N) is 1. The molecular formula is C31H31N3O2. The van der Waals surface area contributed by atoms with Crippen LogP contribution in [0, 0.1) is 6.92 Å². The first-order valence-corrected chi connectivity index (χ1v) is 11.6. The number of carbonyl (C=O) groups is 1. The number of aryl methyl sites for hydroxylation is 1. The Kier molecular flexibility index (Phi) is 9.43. The Bertz CT molecular complexity index is 1390. The van der Waals surface area contributed by atoms with Crippen LogP contribution in [0.15, 0.2) is 104 Å². The summed E-state index contributed by atoms with van der Waals surface area (Å²) >= 11 is 0. The Labute approximate surface area is 212 Å². The number of hydrogen-bond acceptors (Lipinski definition) is 5. The second-order valence-electron chi connectivity index (χ2n) is 8.14. The summed E-state index contributed by atoms with van der Waals surface area (Å²) in [6.45, 7) is 6.24. The number of fused-ring (bicyclic) bond motifs is 1. The third kappa shape index (κ3) is 5.82. The van der Waals surface area contributed by atoms with Gasteiger partial charge in [-0.15, -0.1) is 0 Å². The molecule has 0 aliphatic rings. The molecule has 0 saturated carbocycles. The van der Waals surface area contributed by atoms with Crippen molar-refractivity contribution in [3.8, 4) is 22.3 Å². The number of aliphatic hydroxyl groups excluding tert-OH is 1. The summed E-state index contributed by atoms with van der Waals surface area (Å²) < 4.78 is 0. The molecule has 1 unspecified atom stereocenters.